The summed E-state index contributed by atoms with van der Waals surface area (Å²) in [5.74, 6) is -0.303. The van der Waals surface area contributed by atoms with Gasteiger partial charge in [0.05, 0.1) is 0 Å². The Labute approximate surface area is 163 Å². The molecule has 0 radical (unpaired) electrons. The van der Waals surface area contributed by atoms with Crippen molar-refractivity contribution in [2.24, 2.45) is 0 Å². The topological polar surface area (TPSA) is 61.4 Å². The van der Waals surface area contributed by atoms with E-state index in [0.717, 1.165) is 42.7 Å². The van der Waals surface area contributed by atoms with Gasteiger partial charge in [-0.25, -0.2) is 4.39 Å². The summed E-state index contributed by atoms with van der Waals surface area (Å²) in [6, 6.07) is 11.4. The zero-order chi connectivity index (χ0) is 19.7. The molecule has 0 spiro atoms. The van der Waals surface area contributed by atoms with Crippen molar-refractivity contribution in [3.05, 3.63) is 59.4 Å². The zero-order valence-electron chi connectivity index (χ0n) is 15.9. The molecule has 6 heteroatoms. The van der Waals surface area contributed by atoms with Crippen LogP contribution in [0.1, 0.15) is 42.9 Å². The highest BCUT2D eigenvalue weighted by molar-refractivity contribution is 5.96. The predicted octanol–water partition coefficient (Wildman–Crippen LogP) is 3.69. The minimum Gasteiger partial charge on any atom is -0.370 e. The third-order valence-electron chi connectivity index (χ3n) is 5.26. The molecule has 28 heavy (non-hydrogen) atoms. The van der Waals surface area contributed by atoms with Crippen molar-refractivity contribution >= 4 is 23.2 Å². The maximum Gasteiger partial charge on any atom is 0.247 e. The van der Waals surface area contributed by atoms with Crippen molar-refractivity contribution in [1.82, 2.24) is 5.32 Å². The number of rotatable bonds is 6. The van der Waals surface area contributed by atoms with Crippen molar-refractivity contribution in [2.45, 2.75) is 44.7 Å². The first kappa shape index (κ1) is 18.5. The summed E-state index contributed by atoms with van der Waals surface area (Å²) in [5.41, 5.74) is 3.37. The Morgan fingerprint density at radius 3 is 2.54 bits per heavy atom. The summed E-state index contributed by atoms with van der Waals surface area (Å²) in [7, 11) is 0. The fourth-order valence-electron chi connectivity index (χ4n) is 3.59. The lowest BCUT2D eigenvalue weighted by molar-refractivity contribution is -0.122. The lowest BCUT2D eigenvalue weighted by Crippen LogP contribution is -2.34. The summed E-state index contributed by atoms with van der Waals surface area (Å²) in [6.45, 7) is 2.71. The number of hydrogen-bond acceptors (Lipinski definition) is 3. The summed E-state index contributed by atoms with van der Waals surface area (Å²) in [4.78, 5) is 26.6. The molecule has 1 unspecified atom stereocenters. The average Bonchev–Trinajstić information content (AvgIpc) is 3.39. The second-order valence-electron chi connectivity index (χ2n) is 7.56. The molecule has 1 saturated heterocycles. The number of nitrogens with one attached hydrogen (secondary N) is 2. The zero-order valence-corrected chi connectivity index (χ0v) is 15.9. The van der Waals surface area contributed by atoms with Crippen molar-refractivity contribution < 1.29 is 14.0 Å². The normalized spacial score (nSPS) is 17.5. The van der Waals surface area contributed by atoms with Crippen LogP contribution in [-0.4, -0.2) is 24.4 Å². The quantitative estimate of drug-likeness (QED) is 0.802. The van der Waals surface area contributed by atoms with Gasteiger partial charge in [0.25, 0.3) is 0 Å². The molecule has 1 aliphatic heterocycles. The first-order valence-corrected chi connectivity index (χ1v) is 9.74. The van der Waals surface area contributed by atoms with Crippen LogP contribution in [-0.2, 0) is 9.59 Å². The third-order valence-corrected chi connectivity index (χ3v) is 5.26. The van der Waals surface area contributed by atoms with Crippen LogP contribution in [0.5, 0.6) is 0 Å². The molecule has 1 atom stereocenters. The minimum atomic E-state index is -0.611. The molecule has 2 fully saturated rings. The Kier molecular flexibility index (Phi) is 5.03. The number of carbonyl (C=O) groups is 2. The highest BCUT2D eigenvalue weighted by atomic mass is 19.1. The molecule has 1 saturated carbocycles. The second-order valence-corrected chi connectivity index (χ2v) is 7.56. The highest BCUT2D eigenvalue weighted by Crippen LogP contribution is 2.30. The summed E-state index contributed by atoms with van der Waals surface area (Å²) in [6.07, 6.45) is 3.47. The van der Waals surface area contributed by atoms with Crippen LogP contribution in [0.15, 0.2) is 42.5 Å². The molecule has 2 N–H and O–H groups in total. The van der Waals surface area contributed by atoms with Crippen LogP contribution >= 0.6 is 0 Å². The predicted molar refractivity (Wildman–Crippen MR) is 107 cm³/mol. The Bertz CT molecular complexity index is 893. The van der Waals surface area contributed by atoms with Gasteiger partial charge in [-0.1, -0.05) is 12.1 Å². The number of nitrogens with zero attached hydrogens (tertiary/aromatic N) is 1. The van der Waals surface area contributed by atoms with Crippen LogP contribution in [0.3, 0.4) is 0 Å². The van der Waals surface area contributed by atoms with E-state index in [0.29, 0.717) is 12.0 Å². The van der Waals surface area contributed by atoms with Crippen molar-refractivity contribution in [3.8, 4) is 0 Å². The van der Waals surface area contributed by atoms with E-state index in [1.54, 1.807) is 12.1 Å². The van der Waals surface area contributed by atoms with Crippen LogP contribution in [0.2, 0.25) is 0 Å². The number of halogens is 1. The second kappa shape index (κ2) is 7.62. The minimum absolute atomic E-state index is 0.120. The van der Waals surface area contributed by atoms with Gasteiger partial charge >= 0.3 is 0 Å². The smallest absolute Gasteiger partial charge is 0.247 e. The lowest BCUT2D eigenvalue weighted by atomic mass is 10.0. The van der Waals surface area contributed by atoms with E-state index in [4.69, 9.17) is 0 Å². The molecule has 2 aromatic rings. The molecular weight excluding hydrogens is 357 g/mol. The summed E-state index contributed by atoms with van der Waals surface area (Å²) < 4.78 is 13.3. The van der Waals surface area contributed by atoms with E-state index in [2.05, 4.69) is 10.6 Å². The fraction of sp³-hybridized carbons (Fsp3) is 0.364. The molecule has 0 aromatic heterocycles. The number of hydrogen-bond donors (Lipinski definition) is 2. The largest absolute Gasteiger partial charge is 0.370 e. The summed E-state index contributed by atoms with van der Waals surface area (Å²) >= 11 is 0. The fourth-order valence-corrected chi connectivity index (χ4v) is 3.59. The summed E-state index contributed by atoms with van der Waals surface area (Å²) in [5, 5.41) is 6.30. The first-order chi connectivity index (χ1) is 13.5. The number of anilines is 2. The van der Waals surface area contributed by atoms with E-state index in [-0.39, 0.29) is 23.7 Å². The van der Waals surface area contributed by atoms with Crippen LogP contribution < -0.4 is 15.5 Å². The lowest BCUT2D eigenvalue weighted by Gasteiger charge is -2.22. The van der Waals surface area contributed by atoms with Gasteiger partial charge < -0.3 is 15.5 Å². The van der Waals surface area contributed by atoms with Gasteiger partial charge in [0.15, 0.2) is 0 Å². The Balaban J connectivity index is 1.57. The van der Waals surface area contributed by atoms with Crippen molar-refractivity contribution in [2.75, 3.05) is 16.8 Å². The van der Waals surface area contributed by atoms with E-state index in [1.165, 1.54) is 12.1 Å². The molecule has 2 aliphatic rings. The van der Waals surface area contributed by atoms with Gasteiger partial charge in [0.2, 0.25) is 11.8 Å². The average molecular weight is 381 g/mol. The van der Waals surface area contributed by atoms with Gasteiger partial charge in [0, 0.05) is 30.4 Å². The number of aryl methyl sites for hydroxylation is 1. The van der Waals surface area contributed by atoms with E-state index in [1.807, 2.05) is 30.0 Å². The van der Waals surface area contributed by atoms with E-state index >= 15 is 0 Å². The van der Waals surface area contributed by atoms with Gasteiger partial charge in [-0.05, 0) is 67.6 Å². The van der Waals surface area contributed by atoms with Crippen molar-refractivity contribution in [3.63, 3.8) is 0 Å². The Hall–Kier alpha value is -2.89. The molecule has 5 nitrogen and oxygen atoms in total. The van der Waals surface area contributed by atoms with E-state index in [9.17, 15) is 14.0 Å². The molecule has 146 valence electrons. The maximum atomic E-state index is 13.3. The van der Waals surface area contributed by atoms with Crippen molar-refractivity contribution in [1.29, 1.82) is 0 Å². The molecule has 4 rings (SSSR count). The monoisotopic (exact) mass is 381 g/mol. The van der Waals surface area contributed by atoms with Gasteiger partial charge in [-0.15, -0.1) is 0 Å². The number of benzene rings is 2. The molecule has 2 aromatic carbocycles. The molecule has 1 aliphatic carbocycles. The van der Waals surface area contributed by atoms with Gasteiger partial charge in [0.1, 0.15) is 11.9 Å². The molecule has 2 amide bonds. The Morgan fingerprint density at radius 1 is 1.18 bits per heavy atom. The first-order valence-electron chi connectivity index (χ1n) is 9.74. The van der Waals surface area contributed by atoms with Crippen LogP contribution in [0.25, 0.3) is 0 Å². The van der Waals surface area contributed by atoms with Crippen LogP contribution in [0.4, 0.5) is 15.8 Å². The SMILES string of the molecule is Cc1cc(NC(C(=O)NC2CC2)c2ccc(F)cc2)ccc1N1CCCC1=O. The standard InChI is InChI=1S/C22H24FN3O2/c1-14-13-18(10-11-19(14)26-12-2-3-20(26)27)24-21(22(28)25-17-8-9-17)15-4-6-16(23)7-5-15/h4-7,10-11,13,17,21,24H,2-3,8-9,12H2,1H3,(H,25,28). The highest BCUT2D eigenvalue weighted by Gasteiger charge is 2.29. The van der Waals surface area contributed by atoms with Crippen LogP contribution in [0, 0.1) is 12.7 Å². The molecule has 1 heterocycles. The number of carbonyl (C=O) groups excluding carboxylic acids is 2. The Morgan fingerprint density at radius 2 is 1.93 bits per heavy atom. The third kappa shape index (κ3) is 4.01. The van der Waals surface area contributed by atoms with Gasteiger partial charge in [-0.2, -0.15) is 0 Å². The molecule has 0 bridgehead atoms. The number of amides is 2. The maximum absolute atomic E-state index is 13.3. The molecular formula is C22H24FN3O2. The van der Waals surface area contributed by atoms with Gasteiger partial charge in [-0.3, -0.25) is 9.59 Å². The van der Waals surface area contributed by atoms with E-state index < -0.39 is 6.04 Å².